The predicted molar refractivity (Wildman–Crippen MR) is 107 cm³/mol. The Morgan fingerprint density at radius 2 is 2.04 bits per heavy atom. The standard InChI is InChI=1S/C18H14BrClN2O3S/c19-11-5-6-13(12(20)9-11)21-16(23)10-25-18(24)8-7-17-22-14-3-1-2-4-15(14)26-17/h1-6,9H,7-8,10H2,(H,21,23). The minimum atomic E-state index is -0.443. The van der Waals surface area contributed by atoms with E-state index in [0.717, 1.165) is 19.7 Å². The van der Waals surface area contributed by atoms with Crippen LogP contribution in [-0.2, 0) is 20.7 Å². The molecule has 0 spiro atoms. The first kappa shape index (κ1) is 18.8. The number of amides is 1. The lowest BCUT2D eigenvalue weighted by atomic mass is 10.3. The monoisotopic (exact) mass is 452 g/mol. The predicted octanol–water partition coefficient (Wildman–Crippen LogP) is 4.83. The Morgan fingerprint density at radius 1 is 1.23 bits per heavy atom. The summed E-state index contributed by atoms with van der Waals surface area (Å²) in [6.45, 7) is -0.356. The lowest BCUT2D eigenvalue weighted by Crippen LogP contribution is -2.21. The van der Waals surface area contributed by atoms with E-state index in [-0.39, 0.29) is 13.0 Å². The molecule has 26 heavy (non-hydrogen) atoms. The number of aryl methyl sites for hydroxylation is 1. The molecule has 134 valence electrons. The van der Waals surface area contributed by atoms with Gasteiger partial charge in [0.25, 0.3) is 5.91 Å². The Bertz CT molecular complexity index is 928. The van der Waals surface area contributed by atoms with Crippen LogP contribution in [0, 0.1) is 0 Å². The van der Waals surface area contributed by atoms with Crippen molar-refractivity contribution in [1.82, 2.24) is 4.98 Å². The zero-order chi connectivity index (χ0) is 18.5. The molecular formula is C18H14BrClN2O3S. The van der Waals surface area contributed by atoms with Crippen LogP contribution in [0.3, 0.4) is 0 Å². The molecule has 0 fully saturated rings. The first-order chi connectivity index (χ1) is 12.5. The molecule has 0 bridgehead atoms. The van der Waals surface area contributed by atoms with E-state index in [1.807, 2.05) is 24.3 Å². The molecular weight excluding hydrogens is 440 g/mol. The van der Waals surface area contributed by atoms with Crippen LogP contribution in [0.5, 0.6) is 0 Å². The van der Waals surface area contributed by atoms with Gasteiger partial charge in [0.15, 0.2) is 6.61 Å². The zero-order valence-electron chi connectivity index (χ0n) is 13.5. The van der Waals surface area contributed by atoms with E-state index < -0.39 is 11.9 Å². The highest BCUT2D eigenvalue weighted by Crippen LogP contribution is 2.25. The molecule has 0 saturated carbocycles. The van der Waals surface area contributed by atoms with Crippen molar-refractivity contribution in [3.63, 3.8) is 0 Å². The number of fused-ring (bicyclic) bond motifs is 1. The molecule has 3 aromatic rings. The first-order valence-electron chi connectivity index (χ1n) is 7.76. The molecule has 0 aliphatic rings. The molecule has 0 aliphatic heterocycles. The highest BCUT2D eigenvalue weighted by atomic mass is 79.9. The van der Waals surface area contributed by atoms with Crippen molar-refractivity contribution in [2.45, 2.75) is 12.8 Å². The number of hydrogen-bond acceptors (Lipinski definition) is 5. The normalized spacial score (nSPS) is 10.7. The minimum Gasteiger partial charge on any atom is -0.456 e. The van der Waals surface area contributed by atoms with Crippen LogP contribution >= 0.6 is 38.9 Å². The molecule has 0 saturated heterocycles. The van der Waals surface area contributed by atoms with E-state index in [0.29, 0.717) is 17.1 Å². The van der Waals surface area contributed by atoms with Crippen molar-refractivity contribution in [3.05, 3.63) is 57.0 Å². The van der Waals surface area contributed by atoms with Crippen LogP contribution in [0.15, 0.2) is 46.9 Å². The Hall–Kier alpha value is -1.96. The topological polar surface area (TPSA) is 68.3 Å². The molecule has 5 nitrogen and oxygen atoms in total. The number of carbonyl (C=O) groups excluding carboxylic acids is 2. The van der Waals surface area contributed by atoms with Gasteiger partial charge in [-0.3, -0.25) is 9.59 Å². The van der Waals surface area contributed by atoms with Crippen molar-refractivity contribution >= 4 is 66.6 Å². The van der Waals surface area contributed by atoms with Crippen LogP contribution in [0.4, 0.5) is 5.69 Å². The van der Waals surface area contributed by atoms with Gasteiger partial charge >= 0.3 is 5.97 Å². The van der Waals surface area contributed by atoms with Gasteiger partial charge in [0.2, 0.25) is 0 Å². The third-order valence-corrected chi connectivity index (χ3v) is 5.35. The lowest BCUT2D eigenvalue weighted by molar-refractivity contribution is -0.147. The van der Waals surface area contributed by atoms with Gasteiger partial charge in [-0.2, -0.15) is 0 Å². The lowest BCUT2D eigenvalue weighted by Gasteiger charge is -2.08. The summed E-state index contributed by atoms with van der Waals surface area (Å²) < 4.78 is 6.90. The van der Waals surface area contributed by atoms with Crippen molar-refractivity contribution in [2.24, 2.45) is 0 Å². The minimum absolute atomic E-state index is 0.173. The molecule has 0 aliphatic carbocycles. The number of anilines is 1. The van der Waals surface area contributed by atoms with Crippen LogP contribution in [0.25, 0.3) is 10.2 Å². The third-order valence-electron chi connectivity index (χ3n) is 3.45. The summed E-state index contributed by atoms with van der Waals surface area (Å²) >= 11 is 10.9. The summed E-state index contributed by atoms with van der Waals surface area (Å²) in [7, 11) is 0. The van der Waals surface area contributed by atoms with Gasteiger partial charge in [-0.15, -0.1) is 11.3 Å². The van der Waals surface area contributed by atoms with Gasteiger partial charge in [0.05, 0.1) is 32.4 Å². The molecule has 3 rings (SSSR count). The average Bonchev–Trinajstić information content (AvgIpc) is 3.03. The Morgan fingerprint density at radius 3 is 2.81 bits per heavy atom. The number of nitrogens with one attached hydrogen (secondary N) is 1. The Labute approximate surface area is 167 Å². The van der Waals surface area contributed by atoms with E-state index in [9.17, 15) is 9.59 Å². The van der Waals surface area contributed by atoms with Gasteiger partial charge in [-0.05, 0) is 30.3 Å². The highest BCUT2D eigenvalue weighted by Gasteiger charge is 2.11. The summed E-state index contributed by atoms with van der Waals surface area (Å²) in [6, 6.07) is 12.9. The van der Waals surface area contributed by atoms with Crippen molar-refractivity contribution < 1.29 is 14.3 Å². The second-order valence-corrected chi connectivity index (χ2v) is 7.85. The van der Waals surface area contributed by atoms with Crippen LogP contribution in [-0.4, -0.2) is 23.5 Å². The van der Waals surface area contributed by atoms with Gasteiger partial charge in [-0.25, -0.2) is 4.98 Å². The maximum atomic E-state index is 11.9. The van der Waals surface area contributed by atoms with Crippen LogP contribution < -0.4 is 5.32 Å². The highest BCUT2D eigenvalue weighted by molar-refractivity contribution is 9.10. The average molecular weight is 454 g/mol. The van der Waals surface area contributed by atoms with Gasteiger partial charge in [0.1, 0.15) is 0 Å². The molecule has 0 atom stereocenters. The number of halogens is 2. The number of rotatable bonds is 6. The summed E-state index contributed by atoms with van der Waals surface area (Å²) in [5.74, 6) is -0.885. The fourth-order valence-corrected chi connectivity index (χ4v) is 3.92. The maximum absolute atomic E-state index is 11.9. The second-order valence-electron chi connectivity index (χ2n) is 5.41. The summed E-state index contributed by atoms with van der Waals surface area (Å²) in [5.41, 5.74) is 1.39. The number of esters is 1. The Balaban J connectivity index is 1.45. The summed E-state index contributed by atoms with van der Waals surface area (Å²) in [6.07, 6.45) is 0.657. The largest absolute Gasteiger partial charge is 0.456 e. The number of carbonyl (C=O) groups is 2. The number of ether oxygens (including phenoxy) is 1. The van der Waals surface area contributed by atoms with Crippen LogP contribution in [0.1, 0.15) is 11.4 Å². The van der Waals surface area contributed by atoms with Crippen molar-refractivity contribution in [2.75, 3.05) is 11.9 Å². The van der Waals surface area contributed by atoms with Crippen molar-refractivity contribution in [3.8, 4) is 0 Å². The number of nitrogens with zero attached hydrogens (tertiary/aromatic N) is 1. The fourth-order valence-electron chi connectivity index (χ4n) is 2.23. The number of aromatic nitrogens is 1. The quantitative estimate of drug-likeness (QED) is 0.543. The molecule has 1 aromatic heterocycles. The van der Waals surface area contributed by atoms with E-state index >= 15 is 0 Å². The molecule has 1 heterocycles. The van der Waals surface area contributed by atoms with E-state index in [4.69, 9.17) is 16.3 Å². The smallest absolute Gasteiger partial charge is 0.306 e. The molecule has 1 amide bonds. The van der Waals surface area contributed by atoms with Gasteiger partial charge in [-0.1, -0.05) is 39.7 Å². The first-order valence-corrected chi connectivity index (χ1v) is 9.75. The summed E-state index contributed by atoms with van der Waals surface area (Å²) in [5, 5.41) is 3.87. The zero-order valence-corrected chi connectivity index (χ0v) is 16.7. The van der Waals surface area contributed by atoms with Crippen LogP contribution in [0.2, 0.25) is 5.02 Å². The molecule has 1 N–H and O–H groups in total. The van der Waals surface area contributed by atoms with E-state index in [2.05, 4.69) is 26.2 Å². The van der Waals surface area contributed by atoms with Crippen molar-refractivity contribution in [1.29, 1.82) is 0 Å². The number of benzene rings is 2. The maximum Gasteiger partial charge on any atom is 0.306 e. The third kappa shape index (κ3) is 5.03. The van der Waals surface area contributed by atoms with E-state index in [1.165, 1.54) is 0 Å². The summed E-state index contributed by atoms with van der Waals surface area (Å²) in [4.78, 5) is 28.2. The fraction of sp³-hybridized carbons (Fsp3) is 0.167. The Kier molecular flexibility index (Phi) is 6.24. The molecule has 2 aromatic carbocycles. The molecule has 8 heteroatoms. The number of hydrogen-bond donors (Lipinski definition) is 1. The van der Waals surface area contributed by atoms with E-state index in [1.54, 1.807) is 29.5 Å². The number of para-hydroxylation sites is 1. The van der Waals surface area contributed by atoms with Gasteiger partial charge < -0.3 is 10.1 Å². The van der Waals surface area contributed by atoms with Gasteiger partial charge in [0, 0.05) is 10.9 Å². The number of thiazole rings is 1. The molecule has 0 unspecified atom stereocenters. The molecule has 0 radical (unpaired) electrons. The SMILES string of the molecule is O=C(COC(=O)CCc1nc2ccccc2s1)Nc1ccc(Br)cc1Cl. The second kappa shape index (κ2) is 8.62.